The summed E-state index contributed by atoms with van der Waals surface area (Å²) in [6.45, 7) is 1.61. The van der Waals surface area contributed by atoms with Crippen molar-refractivity contribution < 1.29 is 29.3 Å². The molecule has 0 spiro atoms. The fraction of sp³-hybridized carbons (Fsp3) is 0.727. The van der Waals surface area contributed by atoms with E-state index in [0.717, 1.165) is 0 Å². The van der Waals surface area contributed by atoms with Crippen molar-refractivity contribution in [2.75, 3.05) is 13.7 Å². The number of amides is 2. The highest BCUT2D eigenvalue weighted by Gasteiger charge is 2.37. The molecule has 1 aliphatic heterocycles. The molecule has 108 valence electrons. The molecule has 0 aromatic carbocycles. The third-order valence-corrected chi connectivity index (χ3v) is 3.01. The van der Waals surface area contributed by atoms with Gasteiger partial charge in [0.15, 0.2) is 6.04 Å². The Morgan fingerprint density at radius 1 is 1.42 bits per heavy atom. The highest BCUT2D eigenvalue weighted by Crippen LogP contribution is 2.18. The van der Waals surface area contributed by atoms with Gasteiger partial charge in [-0.1, -0.05) is 0 Å². The van der Waals surface area contributed by atoms with Gasteiger partial charge in [0.2, 0.25) is 0 Å². The Balaban J connectivity index is 2.71. The van der Waals surface area contributed by atoms with Crippen molar-refractivity contribution in [2.24, 2.45) is 0 Å². The minimum atomic E-state index is -1.41. The van der Waals surface area contributed by atoms with Crippen LogP contribution in [-0.4, -0.2) is 64.9 Å². The lowest BCUT2D eigenvalue weighted by Crippen LogP contribution is -2.54. The van der Waals surface area contributed by atoms with E-state index in [4.69, 9.17) is 5.11 Å². The molecule has 3 N–H and O–H groups in total. The first-order valence-corrected chi connectivity index (χ1v) is 5.94. The maximum absolute atomic E-state index is 11.9. The molecule has 3 atom stereocenters. The number of methoxy groups -OCH3 is 1. The molecule has 0 saturated carbocycles. The van der Waals surface area contributed by atoms with Crippen LogP contribution in [-0.2, 0) is 14.3 Å². The smallest absolute Gasteiger partial charge is 0.328 e. The molecule has 0 aliphatic carbocycles. The van der Waals surface area contributed by atoms with E-state index in [-0.39, 0.29) is 0 Å². The van der Waals surface area contributed by atoms with E-state index < -0.39 is 36.2 Å². The Morgan fingerprint density at radius 2 is 2.05 bits per heavy atom. The first-order valence-electron chi connectivity index (χ1n) is 5.94. The van der Waals surface area contributed by atoms with Crippen molar-refractivity contribution in [3.63, 3.8) is 0 Å². The Labute approximate surface area is 110 Å². The summed E-state index contributed by atoms with van der Waals surface area (Å²) in [4.78, 5) is 35.5. The number of nitrogens with one attached hydrogen (secondary N) is 1. The van der Waals surface area contributed by atoms with Gasteiger partial charge in [0.25, 0.3) is 0 Å². The lowest BCUT2D eigenvalue weighted by molar-refractivity contribution is -0.144. The summed E-state index contributed by atoms with van der Waals surface area (Å²) in [5, 5.41) is 20.4. The molecule has 1 saturated heterocycles. The van der Waals surface area contributed by atoms with Gasteiger partial charge in [-0.25, -0.2) is 14.4 Å². The number of rotatable bonds is 4. The van der Waals surface area contributed by atoms with E-state index in [1.54, 1.807) is 0 Å². The molecule has 1 aliphatic rings. The zero-order chi connectivity index (χ0) is 14.6. The lowest BCUT2D eigenvalue weighted by Gasteiger charge is -2.25. The number of hydrogen-bond acceptors (Lipinski definition) is 5. The van der Waals surface area contributed by atoms with Crippen LogP contribution in [0.15, 0.2) is 0 Å². The number of nitrogens with zero attached hydrogens (tertiary/aromatic N) is 1. The van der Waals surface area contributed by atoms with Crippen LogP contribution in [0.4, 0.5) is 4.79 Å². The van der Waals surface area contributed by atoms with Crippen molar-refractivity contribution in [2.45, 2.75) is 38.0 Å². The van der Waals surface area contributed by atoms with Gasteiger partial charge in [-0.2, -0.15) is 0 Å². The van der Waals surface area contributed by atoms with Crippen LogP contribution in [0, 0.1) is 0 Å². The number of aliphatic hydroxyl groups excluding tert-OH is 1. The molecule has 0 bridgehead atoms. The van der Waals surface area contributed by atoms with Crippen LogP contribution in [0.5, 0.6) is 0 Å². The standard InChI is InChI=1S/C11H18N2O6/c1-6(14)8(9(15)16)12-11(18)13-5-3-4-7(13)10(17)19-2/h6-8,14H,3-5H2,1-2H3,(H,12,18)(H,15,16). The van der Waals surface area contributed by atoms with Crippen LogP contribution in [0.25, 0.3) is 0 Å². The summed E-state index contributed by atoms with van der Waals surface area (Å²) in [5.41, 5.74) is 0. The summed E-state index contributed by atoms with van der Waals surface area (Å²) in [6.07, 6.45) is -0.118. The van der Waals surface area contributed by atoms with E-state index >= 15 is 0 Å². The van der Waals surface area contributed by atoms with E-state index in [9.17, 15) is 19.5 Å². The maximum atomic E-state index is 11.9. The molecule has 1 fully saturated rings. The van der Waals surface area contributed by atoms with E-state index in [2.05, 4.69) is 10.1 Å². The number of carbonyl (C=O) groups excluding carboxylic acids is 2. The average molecular weight is 274 g/mol. The molecule has 1 rings (SSSR count). The lowest BCUT2D eigenvalue weighted by atomic mass is 10.2. The largest absolute Gasteiger partial charge is 0.480 e. The van der Waals surface area contributed by atoms with E-state index in [0.29, 0.717) is 19.4 Å². The number of ether oxygens (including phenoxy) is 1. The predicted molar refractivity (Wildman–Crippen MR) is 63.4 cm³/mol. The molecule has 0 aromatic heterocycles. The number of hydrogen-bond donors (Lipinski definition) is 3. The molecular weight excluding hydrogens is 256 g/mol. The normalized spacial score (nSPS) is 21.6. The second-order valence-electron chi connectivity index (χ2n) is 4.38. The quantitative estimate of drug-likeness (QED) is 0.576. The second-order valence-corrected chi connectivity index (χ2v) is 4.38. The summed E-state index contributed by atoms with van der Waals surface area (Å²) >= 11 is 0. The van der Waals surface area contributed by atoms with Gasteiger partial charge in [-0.15, -0.1) is 0 Å². The number of likely N-dealkylation sites (tertiary alicyclic amines) is 1. The Kier molecular flexibility index (Phi) is 5.11. The van der Waals surface area contributed by atoms with Gasteiger partial charge in [0.05, 0.1) is 13.2 Å². The predicted octanol–water partition coefficient (Wildman–Crippen LogP) is -0.833. The number of carbonyl (C=O) groups is 3. The average Bonchev–Trinajstić information content (AvgIpc) is 2.82. The van der Waals surface area contributed by atoms with Crippen molar-refractivity contribution in [3.05, 3.63) is 0 Å². The fourth-order valence-corrected chi connectivity index (χ4v) is 2.00. The van der Waals surface area contributed by atoms with Gasteiger partial charge in [-0.05, 0) is 19.8 Å². The van der Waals surface area contributed by atoms with Crippen LogP contribution < -0.4 is 5.32 Å². The summed E-state index contributed by atoms with van der Waals surface area (Å²) < 4.78 is 4.59. The number of aliphatic hydroxyl groups is 1. The van der Waals surface area contributed by atoms with Gasteiger partial charge >= 0.3 is 18.0 Å². The minimum absolute atomic E-state index is 0.345. The SMILES string of the molecule is COC(=O)C1CCCN1C(=O)NC(C(=O)O)C(C)O. The zero-order valence-corrected chi connectivity index (χ0v) is 10.8. The molecule has 8 heteroatoms. The van der Waals surface area contributed by atoms with Gasteiger partial charge in [0, 0.05) is 6.54 Å². The van der Waals surface area contributed by atoms with Crippen molar-refractivity contribution >= 4 is 18.0 Å². The molecule has 0 radical (unpaired) electrons. The van der Waals surface area contributed by atoms with Gasteiger partial charge in [-0.3, -0.25) is 0 Å². The number of urea groups is 1. The van der Waals surface area contributed by atoms with Crippen molar-refractivity contribution in [3.8, 4) is 0 Å². The molecule has 19 heavy (non-hydrogen) atoms. The summed E-state index contributed by atoms with van der Waals surface area (Å²) in [5.74, 6) is -1.87. The molecular formula is C11H18N2O6. The van der Waals surface area contributed by atoms with Gasteiger partial charge in [0.1, 0.15) is 6.04 Å². The number of carboxylic acid groups (broad SMARTS) is 1. The van der Waals surface area contributed by atoms with E-state index in [1.165, 1.54) is 18.9 Å². The fourth-order valence-electron chi connectivity index (χ4n) is 2.00. The van der Waals surface area contributed by atoms with Gasteiger partial charge < -0.3 is 25.2 Å². The summed E-state index contributed by atoms with van der Waals surface area (Å²) in [7, 11) is 1.23. The minimum Gasteiger partial charge on any atom is -0.480 e. The Morgan fingerprint density at radius 3 is 2.53 bits per heavy atom. The monoisotopic (exact) mass is 274 g/mol. The Hall–Kier alpha value is -1.83. The van der Waals surface area contributed by atoms with E-state index in [1.807, 2.05) is 0 Å². The number of aliphatic carboxylic acids is 1. The highest BCUT2D eigenvalue weighted by molar-refractivity contribution is 5.87. The zero-order valence-electron chi connectivity index (χ0n) is 10.8. The Bertz CT molecular complexity index is 370. The van der Waals surface area contributed by atoms with Crippen molar-refractivity contribution in [1.29, 1.82) is 0 Å². The van der Waals surface area contributed by atoms with Crippen LogP contribution >= 0.6 is 0 Å². The first-order chi connectivity index (χ1) is 8.88. The van der Waals surface area contributed by atoms with Crippen LogP contribution in [0.3, 0.4) is 0 Å². The second kappa shape index (κ2) is 6.37. The highest BCUT2D eigenvalue weighted by atomic mass is 16.5. The van der Waals surface area contributed by atoms with Crippen molar-refractivity contribution in [1.82, 2.24) is 10.2 Å². The van der Waals surface area contributed by atoms with Crippen LogP contribution in [0.2, 0.25) is 0 Å². The molecule has 8 nitrogen and oxygen atoms in total. The molecule has 0 aromatic rings. The molecule has 3 unspecified atom stereocenters. The number of esters is 1. The maximum Gasteiger partial charge on any atom is 0.328 e. The van der Waals surface area contributed by atoms with Crippen LogP contribution in [0.1, 0.15) is 19.8 Å². The number of carboxylic acids is 1. The third kappa shape index (κ3) is 3.57. The third-order valence-electron chi connectivity index (χ3n) is 3.01. The summed E-state index contributed by atoms with van der Waals surface area (Å²) in [6, 6.07) is -2.80. The first kappa shape index (κ1) is 15.2. The molecule has 2 amide bonds. The molecule has 1 heterocycles. The topological polar surface area (TPSA) is 116 Å².